The first-order valence-corrected chi connectivity index (χ1v) is 7.14. The number of carboxylic acid groups (broad SMARTS) is 1. The first kappa shape index (κ1) is 11.7. The van der Waals surface area contributed by atoms with Gasteiger partial charge in [-0.25, -0.2) is 4.79 Å². The molecule has 0 aromatic carbocycles. The Bertz CT molecular complexity index is 487. The van der Waals surface area contributed by atoms with Gasteiger partial charge in [0.2, 0.25) is 0 Å². The van der Waals surface area contributed by atoms with Crippen LogP contribution in [0.3, 0.4) is 0 Å². The van der Waals surface area contributed by atoms with E-state index in [4.69, 9.17) is 5.11 Å². The van der Waals surface area contributed by atoms with Crippen LogP contribution >= 0.6 is 11.3 Å². The normalized spacial score (nSPS) is 22.2. The zero-order valence-corrected chi connectivity index (χ0v) is 10.8. The van der Waals surface area contributed by atoms with Crippen molar-refractivity contribution in [2.45, 2.75) is 38.1 Å². The van der Waals surface area contributed by atoms with E-state index in [9.17, 15) is 9.59 Å². The highest BCUT2D eigenvalue weighted by Crippen LogP contribution is 2.32. The largest absolute Gasteiger partial charge is 0.480 e. The van der Waals surface area contributed by atoms with Crippen molar-refractivity contribution in [2.24, 2.45) is 0 Å². The van der Waals surface area contributed by atoms with E-state index < -0.39 is 12.0 Å². The Morgan fingerprint density at radius 1 is 1.33 bits per heavy atom. The zero-order chi connectivity index (χ0) is 12.7. The van der Waals surface area contributed by atoms with Crippen LogP contribution in [0.1, 0.15) is 39.4 Å². The van der Waals surface area contributed by atoms with E-state index in [0.29, 0.717) is 17.8 Å². The van der Waals surface area contributed by atoms with Gasteiger partial charge in [-0.2, -0.15) is 0 Å². The summed E-state index contributed by atoms with van der Waals surface area (Å²) in [5.41, 5.74) is 1.29. The third-order valence-electron chi connectivity index (χ3n) is 3.76. The lowest BCUT2D eigenvalue weighted by atomic mass is 10.2. The molecule has 1 fully saturated rings. The minimum atomic E-state index is -0.884. The summed E-state index contributed by atoms with van der Waals surface area (Å²) in [5, 5.41) is 9.11. The Morgan fingerprint density at radius 2 is 2.17 bits per heavy atom. The van der Waals surface area contributed by atoms with E-state index in [2.05, 4.69) is 0 Å². The molecule has 1 amide bonds. The van der Waals surface area contributed by atoms with Crippen LogP contribution in [0.25, 0.3) is 0 Å². The molecule has 5 heteroatoms. The maximum absolute atomic E-state index is 12.3. The van der Waals surface area contributed by atoms with Crippen molar-refractivity contribution in [3.8, 4) is 0 Å². The molecule has 1 aliphatic heterocycles. The SMILES string of the molecule is O=C(O)[C@H]1CCCN1C(=O)c1cc2c(s1)CCC2. The molecule has 2 heterocycles. The number of nitrogens with zero attached hydrogens (tertiary/aromatic N) is 1. The zero-order valence-electron chi connectivity index (χ0n) is 10.0. The van der Waals surface area contributed by atoms with E-state index >= 15 is 0 Å². The number of rotatable bonds is 2. The van der Waals surface area contributed by atoms with Gasteiger partial charge in [-0.1, -0.05) is 0 Å². The monoisotopic (exact) mass is 265 g/mol. The topological polar surface area (TPSA) is 57.6 Å². The Morgan fingerprint density at radius 3 is 2.89 bits per heavy atom. The van der Waals surface area contributed by atoms with Crippen molar-refractivity contribution >= 4 is 23.2 Å². The second-order valence-corrected chi connectivity index (χ2v) is 6.04. The maximum Gasteiger partial charge on any atom is 0.326 e. The number of hydrogen-bond acceptors (Lipinski definition) is 3. The Kier molecular flexibility index (Phi) is 2.86. The van der Waals surface area contributed by atoms with Gasteiger partial charge in [0.1, 0.15) is 6.04 Å². The predicted molar refractivity (Wildman–Crippen MR) is 68.0 cm³/mol. The van der Waals surface area contributed by atoms with E-state index in [0.717, 1.165) is 19.3 Å². The number of fused-ring (bicyclic) bond motifs is 1. The van der Waals surface area contributed by atoms with Gasteiger partial charge < -0.3 is 10.0 Å². The molecular formula is C13H15NO3S. The Balaban J connectivity index is 1.83. The molecule has 96 valence electrons. The molecule has 1 aliphatic carbocycles. The van der Waals surface area contributed by atoms with Gasteiger partial charge in [-0.05, 0) is 43.7 Å². The highest BCUT2D eigenvalue weighted by molar-refractivity contribution is 7.14. The summed E-state index contributed by atoms with van der Waals surface area (Å²) in [6.45, 7) is 0.568. The molecule has 2 aliphatic rings. The average Bonchev–Trinajstić information content (AvgIpc) is 3.02. The molecule has 0 radical (unpaired) electrons. The molecule has 1 aromatic heterocycles. The van der Waals surface area contributed by atoms with Gasteiger partial charge in [0.05, 0.1) is 4.88 Å². The molecule has 1 aromatic rings. The fourth-order valence-electron chi connectivity index (χ4n) is 2.84. The van der Waals surface area contributed by atoms with Crippen molar-refractivity contribution in [3.05, 3.63) is 21.4 Å². The number of carbonyl (C=O) groups is 2. The van der Waals surface area contributed by atoms with Gasteiger partial charge in [0, 0.05) is 11.4 Å². The average molecular weight is 265 g/mol. The van der Waals surface area contributed by atoms with Crippen molar-refractivity contribution in [1.82, 2.24) is 4.90 Å². The van der Waals surface area contributed by atoms with Crippen LogP contribution in [0.4, 0.5) is 0 Å². The molecule has 0 bridgehead atoms. The van der Waals surface area contributed by atoms with E-state index in [-0.39, 0.29) is 5.91 Å². The summed E-state index contributed by atoms with van der Waals surface area (Å²) in [5.74, 6) is -0.982. The summed E-state index contributed by atoms with van der Waals surface area (Å²) in [6.07, 6.45) is 4.66. The molecule has 4 nitrogen and oxygen atoms in total. The van der Waals surface area contributed by atoms with Gasteiger partial charge >= 0.3 is 5.97 Å². The third-order valence-corrected chi connectivity index (χ3v) is 4.98. The highest BCUT2D eigenvalue weighted by atomic mass is 32.1. The molecule has 0 unspecified atom stereocenters. The molecule has 1 saturated heterocycles. The predicted octanol–water partition coefficient (Wildman–Crippen LogP) is 1.93. The van der Waals surface area contributed by atoms with Crippen molar-refractivity contribution < 1.29 is 14.7 Å². The minimum absolute atomic E-state index is 0.0979. The minimum Gasteiger partial charge on any atom is -0.480 e. The number of aryl methyl sites for hydroxylation is 2. The second kappa shape index (κ2) is 4.39. The van der Waals surface area contributed by atoms with Gasteiger partial charge in [-0.15, -0.1) is 11.3 Å². The number of hydrogen-bond donors (Lipinski definition) is 1. The van der Waals surface area contributed by atoms with Crippen LogP contribution < -0.4 is 0 Å². The highest BCUT2D eigenvalue weighted by Gasteiger charge is 2.35. The standard InChI is InChI=1S/C13H15NO3S/c15-12(14-6-2-4-9(14)13(16)17)11-7-8-3-1-5-10(8)18-11/h7,9H,1-6H2,(H,16,17)/t9-/m1/s1. The number of aliphatic carboxylic acids is 1. The third kappa shape index (κ3) is 1.82. The lowest BCUT2D eigenvalue weighted by molar-refractivity contribution is -0.141. The molecule has 0 spiro atoms. The summed E-state index contributed by atoms with van der Waals surface area (Å²) >= 11 is 1.55. The molecule has 1 atom stereocenters. The number of carbonyl (C=O) groups excluding carboxylic acids is 1. The van der Waals surface area contributed by atoms with Crippen LogP contribution in [0.2, 0.25) is 0 Å². The fraction of sp³-hybridized carbons (Fsp3) is 0.538. The Hall–Kier alpha value is -1.36. The van der Waals surface area contributed by atoms with Crippen LogP contribution in [0.15, 0.2) is 6.07 Å². The molecule has 0 saturated carbocycles. The van der Waals surface area contributed by atoms with E-state index in [1.807, 2.05) is 6.07 Å². The molecule has 3 rings (SSSR count). The van der Waals surface area contributed by atoms with Crippen LogP contribution in [0, 0.1) is 0 Å². The van der Waals surface area contributed by atoms with Crippen molar-refractivity contribution in [2.75, 3.05) is 6.54 Å². The number of amides is 1. The molecule has 18 heavy (non-hydrogen) atoms. The van der Waals surface area contributed by atoms with Gasteiger partial charge in [0.15, 0.2) is 0 Å². The second-order valence-electron chi connectivity index (χ2n) is 4.91. The first-order valence-electron chi connectivity index (χ1n) is 6.32. The first-order chi connectivity index (χ1) is 8.66. The van der Waals surface area contributed by atoms with E-state index in [1.165, 1.54) is 21.8 Å². The van der Waals surface area contributed by atoms with E-state index in [1.54, 1.807) is 11.3 Å². The van der Waals surface area contributed by atoms with Crippen molar-refractivity contribution in [3.63, 3.8) is 0 Å². The van der Waals surface area contributed by atoms with Crippen molar-refractivity contribution in [1.29, 1.82) is 0 Å². The summed E-state index contributed by atoms with van der Waals surface area (Å²) in [7, 11) is 0. The van der Waals surface area contributed by atoms with Crippen LogP contribution in [-0.2, 0) is 17.6 Å². The lowest BCUT2D eigenvalue weighted by Crippen LogP contribution is -2.40. The van der Waals surface area contributed by atoms with Crippen LogP contribution in [-0.4, -0.2) is 34.5 Å². The summed E-state index contributed by atoms with van der Waals surface area (Å²) in [6, 6.07) is 1.33. The number of thiophene rings is 1. The summed E-state index contributed by atoms with van der Waals surface area (Å²) in [4.78, 5) is 27.0. The maximum atomic E-state index is 12.3. The molecule has 1 N–H and O–H groups in total. The van der Waals surface area contributed by atoms with Gasteiger partial charge in [0.25, 0.3) is 5.91 Å². The number of carboxylic acids is 1. The fourth-order valence-corrected chi connectivity index (χ4v) is 4.05. The quantitative estimate of drug-likeness (QED) is 0.889. The molecular weight excluding hydrogens is 250 g/mol. The number of likely N-dealkylation sites (tertiary alicyclic amines) is 1. The Labute approximate surface area is 109 Å². The van der Waals surface area contributed by atoms with Gasteiger partial charge in [-0.3, -0.25) is 4.79 Å². The summed E-state index contributed by atoms with van der Waals surface area (Å²) < 4.78 is 0. The van der Waals surface area contributed by atoms with Crippen LogP contribution in [0.5, 0.6) is 0 Å². The lowest BCUT2D eigenvalue weighted by Gasteiger charge is -2.20. The smallest absolute Gasteiger partial charge is 0.326 e.